The summed E-state index contributed by atoms with van der Waals surface area (Å²) in [5.74, 6) is 1.16. The molecule has 0 spiro atoms. The first kappa shape index (κ1) is 6.41. The quantitative estimate of drug-likeness (QED) is 0.598. The van der Waals surface area contributed by atoms with Crippen LogP contribution in [0.15, 0.2) is 6.20 Å². The van der Waals surface area contributed by atoms with E-state index in [2.05, 4.69) is 11.1 Å². The van der Waals surface area contributed by atoms with Crippen molar-refractivity contribution in [3.63, 3.8) is 0 Å². The molecule has 0 N–H and O–H groups in total. The molecule has 1 aliphatic rings. The van der Waals surface area contributed by atoms with Crippen LogP contribution in [0.4, 0.5) is 0 Å². The number of hydrogen-bond acceptors (Lipinski definition) is 2. The Balaban J connectivity index is 2.38. The van der Waals surface area contributed by atoms with Crippen LogP contribution in [0.3, 0.4) is 0 Å². The second-order valence-electron chi connectivity index (χ2n) is 2.99. The lowest BCUT2D eigenvalue weighted by molar-refractivity contribution is 0.889. The van der Waals surface area contributed by atoms with Gasteiger partial charge in [-0.2, -0.15) is 5.26 Å². The number of rotatable bonds is 1. The molecule has 1 aromatic heterocycles. The van der Waals surface area contributed by atoms with Gasteiger partial charge in [0, 0.05) is 19.2 Å². The molecule has 0 saturated heterocycles. The summed E-state index contributed by atoms with van der Waals surface area (Å²) in [6.45, 7) is 0. The van der Waals surface area contributed by atoms with Crippen molar-refractivity contribution in [3.05, 3.63) is 17.7 Å². The van der Waals surface area contributed by atoms with E-state index in [4.69, 9.17) is 5.26 Å². The summed E-state index contributed by atoms with van der Waals surface area (Å²) in [5.41, 5.74) is 1.09. The molecule has 1 heterocycles. The first-order valence-corrected chi connectivity index (χ1v) is 3.74. The van der Waals surface area contributed by atoms with Gasteiger partial charge in [0.25, 0.3) is 0 Å². The van der Waals surface area contributed by atoms with Crippen LogP contribution in [0.2, 0.25) is 0 Å². The fourth-order valence-electron chi connectivity index (χ4n) is 1.17. The summed E-state index contributed by atoms with van der Waals surface area (Å²) < 4.78 is 1.79. The summed E-state index contributed by atoms with van der Waals surface area (Å²) in [5, 5.41) is 8.60. The van der Waals surface area contributed by atoms with Crippen LogP contribution < -0.4 is 0 Å². The molecule has 0 radical (unpaired) electrons. The van der Waals surface area contributed by atoms with Gasteiger partial charge in [-0.1, -0.05) is 0 Å². The largest absolute Gasteiger partial charge is 0.325 e. The lowest BCUT2D eigenvalue weighted by Crippen LogP contribution is -1.88. The van der Waals surface area contributed by atoms with Crippen molar-refractivity contribution in [1.82, 2.24) is 9.55 Å². The van der Waals surface area contributed by atoms with E-state index in [0.29, 0.717) is 11.7 Å². The molecule has 1 fully saturated rings. The van der Waals surface area contributed by atoms with E-state index >= 15 is 0 Å². The predicted octanol–water partition coefficient (Wildman–Crippen LogP) is 1.17. The number of imidazole rings is 1. The fourth-order valence-corrected chi connectivity index (χ4v) is 1.17. The number of aryl methyl sites for hydroxylation is 1. The zero-order valence-corrected chi connectivity index (χ0v) is 6.41. The molecule has 0 bridgehead atoms. The molecule has 0 amide bonds. The van der Waals surface area contributed by atoms with Crippen molar-refractivity contribution in [3.8, 4) is 6.07 Å². The summed E-state index contributed by atoms with van der Waals surface area (Å²) in [4.78, 5) is 4.19. The first-order valence-electron chi connectivity index (χ1n) is 3.74. The van der Waals surface area contributed by atoms with Gasteiger partial charge in [-0.3, -0.25) is 0 Å². The molecule has 2 rings (SSSR count). The Hall–Kier alpha value is -1.30. The fraction of sp³-hybridized carbons (Fsp3) is 0.500. The van der Waals surface area contributed by atoms with Crippen LogP contribution in [0, 0.1) is 11.3 Å². The maximum absolute atomic E-state index is 8.60. The van der Waals surface area contributed by atoms with Crippen molar-refractivity contribution in [2.45, 2.75) is 18.8 Å². The topological polar surface area (TPSA) is 41.6 Å². The minimum absolute atomic E-state index is 0.520. The normalized spacial score (nSPS) is 16.4. The smallest absolute Gasteiger partial charge is 0.212 e. The first-order chi connectivity index (χ1) is 5.31. The number of nitriles is 1. The summed E-state index contributed by atoms with van der Waals surface area (Å²) in [7, 11) is 1.86. The molecule has 1 aliphatic carbocycles. The van der Waals surface area contributed by atoms with Crippen molar-refractivity contribution < 1.29 is 0 Å². The van der Waals surface area contributed by atoms with Gasteiger partial charge in [-0.25, -0.2) is 4.98 Å². The van der Waals surface area contributed by atoms with Gasteiger partial charge in [0.2, 0.25) is 5.82 Å². The Labute approximate surface area is 65.3 Å². The molecule has 0 unspecified atom stereocenters. The molecule has 0 atom stereocenters. The third kappa shape index (κ3) is 1.01. The monoisotopic (exact) mass is 147 g/mol. The van der Waals surface area contributed by atoms with Crippen molar-refractivity contribution in [1.29, 1.82) is 5.26 Å². The molecule has 3 heteroatoms. The SMILES string of the molecule is Cn1cc(C2CC2)nc1C#N. The van der Waals surface area contributed by atoms with E-state index in [1.54, 1.807) is 4.57 Å². The van der Waals surface area contributed by atoms with Crippen LogP contribution in [-0.2, 0) is 7.05 Å². The lowest BCUT2D eigenvalue weighted by Gasteiger charge is -1.85. The Morgan fingerprint density at radius 1 is 1.73 bits per heavy atom. The lowest BCUT2D eigenvalue weighted by atomic mass is 10.3. The molecule has 1 aromatic rings. The van der Waals surface area contributed by atoms with E-state index in [0.717, 1.165) is 5.69 Å². The van der Waals surface area contributed by atoms with Gasteiger partial charge in [0.05, 0.1) is 5.69 Å². The third-order valence-corrected chi connectivity index (χ3v) is 1.99. The Morgan fingerprint density at radius 3 is 2.91 bits per heavy atom. The highest BCUT2D eigenvalue weighted by atomic mass is 15.0. The minimum Gasteiger partial charge on any atom is -0.325 e. The molecule has 56 valence electrons. The average molecular weight is 147 g/mol. The maximum atomic E-state index is 8.60. The van der Waals surface area contributed by atoms with Crippen LogP contribution in [-0.4, -0.2) is 9.55 Å². The molecule has 3 nitrogen and oxygen atoms in total. The second-order valence-corrected chi connectivity index (χ2v) is 2.99. The molecule has 0 aromatic carbocycles. The average Bonchev–Trinajstić information content (AvgIpc) is 2.76. The highest BCUT2D eigenvalue weighted by Crippen LogP contribution is 2.39. The Bertz CT molecular complexity index is 315. The summed E-state index contributed by atoms with van der Waals surface area (Å²) in [6.07, 6.45) is 4.43. The highest BCUT2D eigenvalue weighted by molar-refractivity contribution is 5.20. The molecular formula is C8H9N3. The predicted molar refractivity (Wildman–Crippen MR) is 39.9 cm³/mol. The van der Waals surface area contributed by atoms with Crippen LogP contribution >= 0.6 is 0 Å². The Morgan fingerprint density at radius 2 is 2.45 bits per heavy atom. The minimum atomic E-state index is 0.520. The van der Waals surface area contributed by atoms with E-state index in [9.17, 15) is 0 Å². The number of nitrogens with zero attached hydrogens (tertiary/aromatic N) is 3. The van der Waals surface area contributed by atoms with Crippen molar-refractivity contribution in [2.24, 2.45) is 7.05 Å². The van der Waals surface area contributed by atoms with E-state index in [1.807, 2.05) is 13.2 Å². The van der Waals surface area contributed by atoms with E-state index < -0.39 is 0 Å². The standard InChI is InChI=1S/C8H9N3/c1-11-5-7(6-2-3-6)10-8(11)4-9/h5-6H,2-3H2,1H3. The summed E-state index contributed by atoms with van der Waals surface area (Å²) >= 11 is 0. The molecule has 0 aliphatic heterocycles. The number of hydrogen-bond donors (Lipinski definition) is 0. The van der Waals surface area contributed by atoms with Gasteiger partial charge in [-0.15, -0.1) is 0 Å². The van der Waals surface area contributed by atoms with Crippen LogP contribution in [0.1, 0.15) is 30.3 Å². The van der Waals surface area contributed by atoms with Gasteiger partial charge >= 0.3 is 0 Å². The summed E-state index contributed by atoms with van der Waals surface area (Å²) in [6, 6.07) is 2.05. The van der Waals surface area contributed by atoms with Crippen molar-refractivity contribution in [2.75, 3.05) is 0 Å². The zero-order chi connectivity index (χ0) is 7.84. The van der Waals surface area contributed by atoms with Gasteiger partial charge in [0.1, 0.15) is 6.07 Å². The number of aromatic nitrogens is 2. The zero-order valence-electron chi connectivity index (χ0n) is 6.41. The molecular weight excluding hydrogens is 138 g/mol. The van der Waals surface area contributed by atoms with E-state index in [1.165, 1.54) is 12.8 Å². The van der Waals surface area contributed by atoms with E-state index in [-0.39, 0.29) is 0 Å². The van der Waals surface area contributed by atoms with Crippen LogP contribution in [0.5, 0.6) is 0 Å². The van der Waals surface area contributed by atoms with Crippen molar-refractivity contribution >= 4 is 0 Å². The third-order valence-electron chi connectivity index (χ3n) is 1.99. The van der Waals surface area contributed by atoms with Gasteiger partial charge in [0.15, 0.2) is 0 Å². The highest BCUT2D eigenvalue weighted by Gasteiger charge is 2.26. The molecule has 11 heavy (non-hydrogen) atoms. The molecule has 1 saturated carbocycles. The second kappa shape index (κ2) is 2.09. The Kier molecular flexibility index (Phi) is 1.22. The van der Waals surface area contributed by atoms with Gasteiger partial charge in [-0.05, 0) is 12.8 Å². The van der Waals surface area contributed by atoms with Crippen LogP contribution in [0.25, 0.3) is 0 Å². The van der Waals surface area contributed by atoms with Gasteiger partial charge < -0.3 is 4.57 Å². The maximum Gasteiger partial charge on any atom is 0.212 e.